The fraction of sp³-hybridized carbons (Fsp3) is 0.375. The maximum Gasteiger partial charge on any atom is 0.252 e. The van der Waals surface area contributed by atoms with Crippen molar-refractivity contribution in [1.82, 2.24) is 9.62 Å². The molecule has 0 bridgehead atoms. The zero-order valence-corrected chi connectivity index (χ0v) is 13.0. The van der Waals surface area contributed by atoms with Crippen molar-refractivity contribution in [3.63, 3.8) is 0 Å². The number of amides is 1. The number of nitrogens with zero attached hydrogens (tertiary/aromatic N) is 1. The van der Waals surface area contributed by atoms with E-state index < -0.39 is 10.0 Å². The van der Waals surface area contributed by atoms with Gasteiger partial charge in [0.2, 0.25) is 5.91 Å². The second-order valence-electron chi connectivity index (χ2n) is 3.12. The summed E-state index contributed by atoms with van der Waals surface area (Å²) in [6.45, 7) is -0.230. The Labute approximate surface area is 117 Å². The lowest BCUT2D eigenvalue weighted by molar-refractivity contribution is -0.120. The van der Waals surface area contributed by atoms with Crippen LogP contribution in [0, 0.1) is 0 Å². The molecule has 0 spiro atoms. The van der Waals surface area contributed by atoms with Crippen molar-refractivity contribution in [3.8, 4) is 0 Å². The molecule has 0 aliphatic rings. The van der Waals surface area contributed by atoms with Crippen LogP contribution < -0.4 is 5.32 Å². The van der Waals surface area contributed by atoms with E-state index in [4.69, 9.17) is 11.6 Å². The highest BCUT2D eigenvalue weighted by Gasteiger charge is 2.25. The number of carbonyl (C=O) groups is 1. The second kappa shape index (κ2) is 5.66. The summed E-state index contributed by atoms with van der Waals surface area (Å²) in [5.41, 5.74) is 0. The molecular formula is C8H10BrClN2O3S2. The lowest BCUT2D eigenvalue weighted by Crippen LogP contribution is -2.36. The van der Waals surface area contributed by atoms with Crippen molar-refractivity contribution in [3.05, 3.63) is 14.9 Å². The average Bonchev–Trinajstić information content (AvgIpc) is 2.59. The number of rotatable bonds is 4. The van der Waals surface area contributed by atoms with Gasteiger partial charge in [0, 0.05) is 14.1 Å². The van der Waals surface area contributed by atoms with Crippen LogP contribution in [0.15, 0.2) is 14.1 Å². The lowest BCUT2D eigenvalue weighted by Gasteiger charge is -2.14. The molecule has 1 amide bonds. The molecule has 0 atom stereocenters. The van der Waals surface area contributed by atoms with E-state index in [0.29, 0.717) is 8.81 Å². The minimum Gasteiger partial charge on any atom is -0.358 e. The van der Waals surface area contributed by atoms with Crippen molar-refractivity contribution >= 4 is 54.8 Å². The zero-order chi connectivity index (χ0) is 13.2. The summed E-state index contributed by atoms with van der Waals surface area (Å²) in [5, 5.41) is 2.69. The number of sulfonamides is 1. The number of hydrogen-bond donors (Lipinski definition) is 1. The quantitative estimate of drug-likeness (QED) is 0.884. The largest absolute Gasteiger partial charge is 0.358 e. The Kier molecular flexibility index (Phi) is 4.96. The van der Waals surface area contributed by atoms with E-state index in [1.165, 1.54) is 20.2 Å². The summed E-state index contributed by atoms with van der Waals surface area (Å²) in [5.74, 6) is -0.377. The Morgan fingerprint density at radius 2 is 2.24 bits per heavy atom. The van der Waals surface area contributed by atoms with Gasteiger partial charge in [0.25, 0.3) is 10.0 Å². The highest BCUT2D eigenvalue weighted by molar-refractivity contribution is 9.11. The molecule has 0 aliphatic heterocycles. The van der Waals surface area contributed by atoms with Crippen LogP contribution in [0.4, 0.5) is 0 Å². The molecule has 96 valence electrons. The minimum absolute atomic E-state index is 0.0979. The van der Waals surface area contributed by atoms with Crippen LogP contribution in [0.1, 0.15) is 0 Å². The monoisotopic (exact) mass is 360 g/mol. The summed E-state index contributed by atoms with van der Waals surface area (Å²) in [7, 11) is -0.884. The van der Waals surface area contributed by atoms with Crippen LogP contribution in [-0.2, 0) is 14.8 Å². The summed E-state index contributed by atoms with van der Waals surface area (Å²) >= 11 is 9.93. The Bertz CT molecular complexity index is 509. The molecule has 0 fully saturated rings. The lowest BCUT2D eigenvalue weighted by atomic mass is 10.6. The molecule has 1 heterocycles. The first kappa shape index (κ1) is 14.9. The third-order valence-electron chi connectivity index (χ3n) is 1.93. The Balaban J connectivity index is 2.99. The first-order chi connectivity index (χ1) is 7.78. The summed E-state index contributed by atoms with van der Waals surface area (Å²) < 4.78 is 25.7. The van der Waals surface area contributed by atoms with Gasteiger partial charge in [0.1, 0.15) is 4.21 Å². The van der Waals surface area contributed by atoms with E-state index in [1.54, 1.807) is 0 Å². The average molecular weight is 362 g/mol. The first-order valence-corrected chi connectivity index (χ1v) is 7.83. The SMILES string of the molecule is CNC(=O)CN(C)S(=O)(=O)c1cc(Cl)c(Br)s1. The smallest absolute Gasteiger partial charge is 0.252 e. The molecule has 1 aromatic heterocycles. The van der Waals surface area contributed by atoms with Crippen molar-refractivity contribution in [2.24, 2.45) is 0 Å². The molecule has 0 unspecified atom stereocenters. The van der Waals surface area contributed by atoms with Gasteiger partial charge < -0.3 is 5.32 Å². The number of carbonyl (C=O) groups excluding carboxylic acids is 1. The van der Waals surface area contributed by atoms with Crippen molar-refractivity contribution in [1.29, 1.82) is 0 Å². The summed E-state index contributed by atoms with van der Waals surface area (Å²) in [4.78, 5) is 11.1. The molecule has 0 aliphatic carbocycles. The van der Waals surface area contributed by atoms with E-state index in [9.17, 15) is 13.2 Å². The predicted molar refractivity (Wildman–Crippen MR) is 70.9 cm³/mol. The number of likely N-dealkylation sites (N-methyl/N-ethyl adjacent to an activating group) is 2. The topological polar surface area (TPSA) is 66.5 Å². The van der Waals surface area contributed by atoms with E-state index in [-0.39, 0.29) is 16.7 Å². The van der Waals surface area contributed by atoms with Gasteiger partial charge >= 0.3 is 0 Å². The van der Waals surface area contributed by atoms with Crippen molar-refractivity contribution < 1.29 is 13.2 Å². The fourth-order valence-electron chi connectivity index (χ4n) is 0.974. The van der Waals surface area contributed by atoms with Crippen LogP contribution in [0.2, 0.25) is 5.02 Å². The van der Waals surface area contributed by atoms with E-state index in [0.717, 1.165) is 15.6 Å². The van der Waals surface area contributed by atoms with E-state index >= 15 is 0 Å². The molecule has 0 saturated carbocycles. The van der Waals surface area contributed by atoms with Gasteiger partial charge in [-0.25, -0.2) is 8.42 Å². The highest BCUT2D eigenvalue weighted by atomic mass is 79.9. The van der Waals surface area contributed by atoms with Crippen molar-refractivity contribution in [2.75, 3.05) is 20.6 Å². The standard InChI is InChI=1S/C8H10BrClN2O3S2/c1-11-6(13)4-12(2)17(14,15)7-3-5(10)8(9)16-7/h3H,4H2,1-2H3,(H,11,13). The Morgan fingerprint density at radius 3 is 2.65 bits per heavy atom. The van der Waals surface area contributed by atoms with Crippen LogP contribution in [0.3, 0.4) is 0 Å². The molecule has 0 aromatic carbocycles. The summed E-state index contributed by atoms with van der Waals surface area (Å²) in [6.07, 6.45) is 0. The first-order valence-electron chi connectivity index (χ1n) is 4.40. The van der Waals surface area contributed by atoms with Gasteiger partial charge in [0.15, 0.2) is 0 Å². The normalized spacial score (nSPS) is 11.8. The second-order valence-corrected chi connectivity index (χ2v) is 8.17. The fourth-order valence-corrected chi connectivity index (χ4v) is 4.71. The number of halogens is 2. The van der Waals surface area contributed by atoms with Gasteiger partial charge in [-0.3, -0.25) is 4.79 Å². The van der Waals surface area contributed by atoms with Gasteiger partial charge in [0.05, 0.1) is 15.4 Å². The minimum atomic E-state index is -3.67. The van der Waals surface area contributed by atoms with E-state index in [1.807, 2.05) is 0 Å². The Hall–Kier alpha value is -0.150. The zero-order valence-electron chi connectivity index (χ0n) is 9.03. The van der Waals surface area contributed by atoms with E-state index in [2.05, 4.69) is 21.2 Å². The predicted octanol–water partition coefficient (Wildman–Crippen LogP) is 1.53. The van der Waals surface area contributed by atoms with Gasteiger partial charge in [-0.05, 0) is 22.0 Å². The Morgan fingerprint density at radius 1 is 1.65 bits per heavy atom. The number of thiophene rings is 1. The molecule has 17 heavy (non-hydrogen) atoms. The third-order valence-corrected chi connectivity index (χ3v) is 6.66. The van der Waals surface area contributed by atoms with Gasteiger partial charge in [-0.15, -0.1) is 11.3 Å². The molecule has 1 aromatic rings. The van der Waals surface area contributed by atoms with Crippen LogP contribution in [-0.4, -0.2) is 39.3 Å². The molecule has 9 heteroatoms. The van der Waals surface area contributed by atoms with Gasteiger partial charge in [-0.2, -0.15) is 4.31 Å². The van der Waals surface area contributed by atoms with Gasteiger partial charge in [-0.1, -0.05) is 11.6 Å². The third kappa shape index (κ3) is 3.41. The maximum atomic E-state index is 12.0. The summed E-state index contributed by atoms with van der Waals surface area (Å²) in [6, 6.07) is 1.35. The molecule has 5 nitrogen and oxygen atoms in total. The molecule has 1 rings (SSSR count). The number of hydrogen-bond acceptors (Lipinski definition) is 4. The van der Waals surface area contributed by atoms with Crippen LogP contribution in [0.5, 0.6) is 0 Å². The molecule has 0 saturated heterocycles. The van der Waals surface area contributed by atoms with Crippen molar-refractivity contribution in [2.45, 2.75) is 4.21 Å². The maximum absolute atomic E-state index is 12.0. The molecule has 1 N–H and O–H groups in total. The molecular weight excluding hydrogens is 352 g/mol. The van der Waals surface area contributed by atoms with Crippen LogP contribution >= 0.6 is 38.9 Å². The molecule has 0 radical (unpaired) electrons. The number of nitrogens with one attached hydrogen (secondary N) is 1. The van der Waals surface area contributed by atoms with Crippen LogP contribution in [0.25, 0.3) is 0 Å². The highest BCUT2D eigenvalue weighted by Crippen LogP contribution is 2.35.